The molecule has 1 nitrogen and oxygen atoms in total. The van der Waals surface area contributed by atoms with Crippen molar-refractivity contribution in [1.29, 1.82) is 0 Å². The molecule has 1 aliphatic carbocycles. The topological polar surface area (TPSA) is 20.2 Å². The number of aliphatic hydroxyl groups is 1. The largest absolute Gasteiger partial charge is 0.390 e. The lowest BCUT2D eigenvalue weighted by Crippen LogP contribution is -2.24. The minimum absolute atomic E-state index is 0.506. The van der Waals surface area contributed by atoms with Crippen molar-refractivity contribution in [1.82, 2.24) is 0 Å². The SMILES string of the molecule is C#CCCC(C)(O)CC1CC1. The van der Waals surface area contributed by atoms with Crippen LogP contribution in [0.5, 0.6) is 0 Å². The molecule has 1 rings (SSSR count). The third-order valence-electron chi connectivity index (χ3n) is 2.23. The van der Waals surface area contributed by atoms with Gasteiger partial charge in [-0.25, -0.2) is 0 Å². The second-order valence-corrected chi connectivity index (χ2v) is 3.85. The van der Waals surface area contributed by atoms with E-state index in [0.717, 1.165) is 18.8 Å². The van der Waals surface area contributed by atoms with Gasteiger partial charge >= 0.3 is 0 Å². The van der Waals surface area contributed by atoms with Crippen LogP contribution in [0.2, 0.25) is 0 Å². The van der Waals surface area contributed by atoms with Gasteiger partial charge in [0.2, 0.25) is 0 Å². The van der Waals surface area contributed by atoms with Crippen molar-refractivity contribution in [2.24, 2.45) is 5.92 Å². The predicted octanol–water partition coefficient (Wildman–Crippen LogP) is 1.95. The van der Waals surface area contributed by atoms with Crippen molar-refractivity contribution in [3.8, 4) is 12.3 Å². The van der Waals surface area contributed by atoms with Crippen molar-refractivity contribution in [3.63, 3.8) is 0 Å². The van der Waals surface area contributed by atoms with Gasteiger partial charge in [0.1, 0.15) is 0 Å². The number of hydrogen-bond donors (Lipinski definition) is 1. The lowest BCUT2D eigenvalue weighted by Gasteiger charge is -2.21. The predicted molar refractivity (Wildman–Crippen MR) is 46.0 cm³/mol. The van der Waals surface area contributed by atoms with Crippen molar-refractivity contribution in [3.05, 3.63) is 0 Å². The van der Waals surface area contributed by atoms with E-state index in [0.29, 0.717) is 6.42 Å². The van der Waals surface area contributed by atoms with E-state index in [-0.39, 0.29) is 0 Å². The summed E-state index contributed by atoms with van der Waals surface area (Å²) in [7, 11) is 0. The standard InChI is InChI=1S/C10H16O/c1-3-4-7-10(2,11)8-9-5-6-9/h1,9,11H,4-8H2,2H3. The molecule has 62 valence electrons. The molecular formula is C10H16O. The molecule has 0 aliphatic heterocycles. The van der Waals surface area contributed by atoms with Crippen LogP contribution in [0.15, 0.2) is 0 Å². The summed E-state index contributed by atoms with van der Waals surface area (Å²) in [5.41, 5.74) is -0.506. The summed E-state index contributed by atoms with van der Waals surface area (Å²) in [6.45, 7) is 1.89. The normalized spacial score (nSPS) is 22.3. The van der Waals surface area contributed by atoms with Gasteiger partial charge in [-0.1, -0.05) is 12.8 Å². The lowest BCUT2D eigenvalue weighted by molar-refractivity contribution is 0.0379. The van der Waals surface area contributed by atoms with E-state index in [1.165, 1.54) is 12.8 Å². The van der Waals surface area contributed by atoms with E-state index < -0.39 is 5.60 Å². The molecule has 11 heavy (non-hydrogen) atoms. The molecule has 1 atom stereocenters. The summed E-state index contributed by atoms with van der Waals surface area (Å²) >= 11 is 0. The Morgan fingerprint density at radius 1 is 1.64 bits per heavy atom. The zero-order valence-corrected chi connectivity index (χ0v) is 7.14. The van der Waals surface area contributed by atoms with Gasteiger partial charge < -0.3 is 5.11 Å². The van der Waals surface area contributed by atoms with Gasteiger partial charge in [-0.3, -0.25) is 0 Å². The molecule has 1 unspecified atom stereocenters. The van der Waals surface area contributed by atoms with Crippen LogP contribution in [0.3, 0.4) is 0 Å². The monoisotopic (exact) mass is 152 g/mol. The molecule has 0 heterocycles. The molecule has 1 aliphatic rings. The van der Waals surface area contributed by atoms with Gasteiger partial charge in [0.15, 0.2) is 0 Å². The first kappa shape index (κ1) is 8.62. The van der Waals surface area contributed by atoms with Crippen LogP contribution in [-0.4, -0.2) is 10.7 Å². The highest BCUT2D eigenvalue weighted by Crippen LogP contribution is 2.37. The molecule has 0 spiro atoms. The van der Waals surface area contributed by atoms with Crippen LogP contribution in [-0.2, 0) is 0 Å². The highest BCUT2D eigenvalue weighted by Gasteiger charge is 2.30. The quantitative estimate of drug-likeness (QED) is 0.610. The molecule has 1 heteroatoms. The summed E-state index contributed by atoms with van der Waals surface area (Å²) in [6.07, 6.45) is 10.1. The molecule has 0 aromatic carbocycles. The van der Waals surface area contributed by atoms with Gasteiger partial charge in [-0.15, -0.1) is 12.3 Å². The van der Waals surface area contributed by atoms with Crippen LogP contribution in [0.1, 0.15) is 39.0 Å². The molecule has 0 amide bonds. The Morgan fingerprint density at radius 2 is 2.27 bits per heavy atom. The van der Waals surface area contributed by atoms with Crippen LogP contribution < -0.4 is 0 Å². The molecule has 0 aromatic rings. The Bertz CT molecular complexity index is 160. The fourth-order valence-corrected chi connectivity index (χ4v) is 1.39. The summed E-state index contributed by atoms with van der Waals surface area (Å²) in [4.78, 5) is 0. The van der Waals surface area contributed by atoms with Gasteiger partial charge in [0.25, 0.3) is 0 Å². The summed E-state index contributed by atoms with van der Waals surface area (Å²) < 4.78 is 0. The maximum Gasteiger partial charge on any atom is 0.0631 e. The molecule has 0 bridgehead atoms. The summed E-state index contributed by atoms with van der Waals surface area (Å²) in [5, 5.41) is 9.76. The summed E-state index contributed by atoms with van der Waals surface area (Å²) in [5.74, 6) is 3.34. The Morgan fingerprint density at radius 3 is 2.73 bits per heavy atom. The first-order chi connectivity index (χ1) is 5.14. The molecule has 0 saturated heterocycles. The third kappa shape index (κ3) is 3.43. The third-order valence-corrected chi connectivity index (χ3v) is 2.23. The lowest BCUT2D eigenvalue weighted by atomic mass is 9.94. The average Bonchev–Trinajstić information content (AvgIpc) is 2.67. The molecule has 1 N–H and O–H groups in total. The van der Waals surface area contributed by atoms with E-state index in [1.807, 2.05) is 6.92 Å². The van der Waals surface area contributed by atoms with E-state index in [2.05, 4.69) is 5.92 Å². The fourth-order valence-electron chi connectivity index (χ4n) is 1.39. The zero-order valence-electron chi connectivity index (χ0n) is 7.14. The fraction of sp³-hybridized carbons (Fsp3) is 0.800. The zero-order chi connectivity index (χ0) is 8.32. The molecule has 0 aromatic heterocycles. The maximum absolute atomic E-state index is 9.76. The van der Waals surface area contributed by atoms with Gasteiger partial charge in [-0.05, 0) is 25.7 Å². The van der Waals surface area contributed by atoms with Crippen LogP contribution in [0.25, 0.3) is 0 Å². The second-order valence-electron chi connectivity index (χ2n) is 3.85. The minimum atomic E-state index is -0.506. The van der Waals surface area contributed by atoms with E-state index >= 15 is 0 Å². The Labute approximate surface area is 68.8 Å². The van der Waals surface area contributed by atoms with Gasteiger partial charge in [0.05, 0.1) is 5.60 Å². The average molecular weight is 152 g/mol. The van der Waals surface area contributed by atoms with Crippen LogP contribution in [0.4, 0.5) is 0 Å². The second kappa shape index (κ2) is 3.28. The van der Waals surface area contributed by atoms with E-state index in [9.17, 15) is 5.11 Å². The highest BCUT2D eigenvalue weighted by molar-refractivity contribution is 4.90. The molecular weight excluding hydrogens is 136 g/mol. The number of hydrogen-bond acceptors (Lipinski definition) is 1. The Kier molecular flexibility index (Phi) is 2.57. The minimum Gasteiger partial charge on any atom is -0.390 e. The van der Waals surface area contributed by atoms with Crippen molar-refractivity contribution < 1.29 is 5.11 Å². The van der Waals surface area contributed by atoms with Gasteiger partial charge in [0, 0.05) is 6.42 Å². The summed E-state index contributed by atoms with van der Waals surface area (Å²) in [6, 6.07) is 0. The Hall–Kier alpha value is -0.480. The first-order valence-corrected chi connectivity index (χ1v) is 4.30. The Balaban J connectivity index is 2.20. The van der Waals surface area contributed by atoms with Crippen molar-refractivity contribution in [2.45, 2.75) is 44.6 Å². The highest BCUT2D eigenvalue weighted by atomic mass is 16.3. The number of terminal acetylenes is 1. The smallest absolute Gasteiger partial charge is 0.0631 e. The molecule has 1 fully saturated rings. The van der Waals surface area contributed by atoms with Crippen LogP contribution >= 0.6 is 0 Å². The van der Waals surface area contributed by atoms with Crippen LogP contribution in [0, 0.1) is 18.3 Å². The molecule has 1 saturated carbocycles. The first-order valence-electron chi connectivity index (χ1n) is 4.30. The van der Waals surface area contributed by atoms with E-state index in [4.69, 9.17) is 6.42 Å². The number of rotatable bonds is 4. The van der Waals surface area contributed by atoms with Gasteiger partial charge in [-0.2, -0.15) is 0 Å². The van der Waals surface area contributed by atoms with E-state index in [1.54, 1.807) is 0 Å². The van der Waals surface area contributed by atoms with Crippen molar-refractivity contribution in [2.75, 3.05) is 0 Å². The van der Waals surface area contributed by atoms with Crippen molar-refractivity contribution >= 4 is 0 Å². The molecule has 0 radical (unpaired) electrons. The maximum atomic E-state index is 9.76.